The molecular formula is C15H14Cl2FNO. The van der Waals surface area contributed by atoms with Crippen LogP contribution in [0.25, 0.3) is 0 Å². The van der Waals surface area contributed by atoms with Gasteiger partial charge in [-0.1, -0.05) is 29.3 Å². The molecule has 106 valence electrons. The van der Waals surface area contributed by atoms with Crippen molar-refractivity contribution in [1.29, 1.82) is 0 Å². The first kappa shape index (κ1) is 15.1. The summed E-state index contributed by atoms with van der Waals surface area (Å²) >= 11 is 11.6. The zero-order chi connectivity index (χ0) is 14.7. The summed E-state index contributed by atoms with van der Waals surface area (Å²) in [5.74, 6) is 0.233. The van der Waals surface area contributed by atoms with E-state index in [4.69, 9.17) is 33.7 Å². The van der Waals surface area contributed by atoms with E-state index in [0.29, 0.717) is 22.8 Å². The third-order valence-electron chi connectivity index (χ3n) is 3.05. The Morgan fingerprint density at radius 1 is 1.20 bits per heavy atom. The molecular weight excluding hydrogens is 300 g/mol. The molecule has 0 spiro atoms. The van der Waals surface area contributed by atoms with Gasteiger partial charge in [0.2, 0.25) is 0 Å². The molecule has 1 atom stereocenters. The normalized spacial score (nSPS) is 12.2. The number of halogens is 3. The van der Waals surface area contributed by atoms with Crippen molar-refractivity contribution in [3.05, 3.63) is 63.4 Å². The van der Waals surface area contributed by atoms with Gasteiger partial charge in [-0.05, 0) is 47.9 Å². The SMILES string of the molecule is COc1ccc(Cl)cc1CC(N)c1ccc(Cl)c(F)c1. The van der Waals surface area contributed by atoms with Crippen LogP contribution in [0.15, 0.2) is 36.4 Å². The lowest BCUT2D eigenvalue weighted by Crippen LogP contribution is -2.14. The summed E-state index contributed by atoms with van der Waals surface area (Å²) in [5.41, 5.74) is 7.66. The van der Waals surface area contributed by atoms with Crippen LogP contribution in [0.3, 0.4) is 0 Å². The summed E-state index contributed by atoms with van der Waals surface area (Å²) in [6, 6.07) is 9.53. The molecule has 2 aromatic carbocycles. The van der Waals surface area contributed by atoms with Gasteiger partial charge in [0, 0.05) is 11.1 Å². The minimum Gasteiger partial charge on any atom is -0.496 e. The van der Waals surface area contributed by atoms with E-state index in [2.05, 4.69) is 0 Å². The maximum atomic E-state index is 13.5. The van der Waals surface area contributed by atoms with Gasteiger partial charge in [0.1, 0.15) is 11.6 Å². The van der Waals surface area contributed by atoms with Crippen molar-refractivity contribution >= 4 is 23.2 Å². The van der Waals surface area contributed by atoms with Crippen LogP contribution in [0.4, 0.5) is 4.39 Å². The highest BCUT2D eigenvalue weighted by atomic mass is 35.5. The zero-order valence-electron chi connectivity index (χ0n) is 10.9. The number of nitrogens with two attached hydrogens (primary N) is 1. The molecule has 0 aliphatic carbocycles. The van der Waals surface area contributed by atoms with E-state index in [-0.39, 0.29) is 11.1 Å². The second-order valence-corrected chi connectivity index (χ2v) is 5.28. The predicted octanol–water partition coefficient (Wildman–Crippen LogP) is 4.38. The Labute approximate surface area is 127 Å². The largest absolute Gasteiger partial charge is 0.496 e. The number of benzene rings is 2. The van der Waals surface area contributed by atoms with Gasteiger partial charge in [0.15, 0.2) is 0 Å². The summed E-state index contributed by atoms with van der Waals surface area (Å²) in [4.78, 5) is 0. The number of rotatable bonds is 4. The van der Waals surface area contributed by atoms with Crippen LogP contribution in [-0.2, 0) is 6.42 Å². The molecule has 2 aromatic rings. The Balaban J connectivity index is 2.24. The number of hydrogen-bond donors (Lipinski definition) is 1. The van der Waals surface area contributed by atoms with Crippen LogP contribution < -0.4 is 10.5 Å². The second kappa shape index (κ2) is 6.44. The lowest BCUT2D eigenvalue weighted by molar-refractivity contribution is 0.408. The molecule has 1 unspecified atom stereocenters. The topological polar surface area (TPSA) is 35.2 Å². The fourth-order valence-electron chi connectivity index (χ4n) is 2.00. The number of ether oxygens (including phenoxy) is 1. The van der Waals surface area contributed by atoms with E-state index in [1.165, 1.54) is 12.1 Å². The maximum absolute atomic E-state index is 13.5. The maximum Gasteiger partial charge on any atom is 0.142 e. The molecule has 0 amide bonds. The lowest BCUT2D eigenvalue weighted by atomic mass is 9.99. The van der Waals surface area contributed by atoms with Gasteiger partial charge >= 0.3 is 0 Å². The summed E-state index contributed by atoms with van der Waals surface area (Å²) < 4.78 is 18.7. The lowest BCUT2D eigenvalue weighted by Gasteiger charge is -2.15. The van der Waals surface area contributed by atoms with Crippen molar-refractivity contribution in [3.63, 3.8) is 0 Å². The van der Waals surface area contributed by atoms with Crippen molar-refractivity contribution < 1.29 is 9.13 Å². The molecule has 0 aromatic heterocycles. The first-order valence-corrected chi connectivity index (χ1v) is 6.80. The smallest absolute Gasteiger partial charge is 0.142 e. The second-order valence-electron chi connectivity index (χ2n) is 4.44. The van der Waals surface area contributed by atoms with E-state index in [1.54, 1.807) is 31.4 Å². The third-order valence-corrected chi connectivity index (χ3v) is 3.60. The molecule has 0 heterocycles. The molecule has 0 radical (unpaired) electrons. The Kier molecular flexibility index (Phi) is 4.86. The number of methoxy groups -OCH3 is 1. The molecule has 2 nitrogen and oxygen atoms in total. The predicted molar refractivity (Wildman–Crippen MR) is 80.0 cm³/mol. The van der Waals surface area contributed by atoms with Crippen molar-refractivity contribution in [2.75, 3.05) is 7.11 Å². The summed E-state index contributed by atoms with van der Waals surface area (Å²) in [6.45, 7) is 0. The molecule has 0 saturated heterocycles. The quantitative estimate of drug-likeness (QED) is 0.909. The molecule has 0 saturated carbocycles. The summed E-state index contributed by atoms with van der Waals surface area (Å²) in [6.07, 6.45) is 0.491. The van der Waals surface area contributed by atoms with Crippen molar-refractivity contribution in [3.8, 4) is 5.75 Å². The Bertz CT molecular complexity index is 619. The first-order chi connectivity index (χ1) is 9.51. The fourth-order valence-corrected chi connectivity index (χ4v) is 2.32. The first-order valence-electron chi connectivity index (χ1n) is 6.04. The molecule has 0 aliphatic rings. The minimum atomic E-state index is -0.474. The van der Waals surface area contributed by atoms with Crippen LogP contribution in [0.1, 0.15) is 17.2 Å². The van der Waals surface area contributed by atoms with Crippen LogP contribution >= 0.6 is 23.2 Å². The van der Waals surface area contributed by atoms with Crippen LogP contribution in [0.5, 0.6) is 5.75 Å². The molecule has 20 heavy (non-hydrogen) atoms. The number of hydrogen-bond acceptors (Lipinski definition) is 2. The highest BCUT2D eigenvalue weighted by Crippen LogP contribution is 2.28. The van der Waals surface area contributed by atoms with Crippen molar-refractivity contribution in [2.45, 2.75) is 12.5 Å². The van der Waals surface area contributed by atoms with Gasteiger partial charge in [-0.15, -0.1) is 0 Å². The van der Waals surface area contributed by atoms with Gasteiger partial charge < -0.3 is 10.5 Å². The Morgan fingerprint density at radius 3 is 2.60 bits per heavy atom. The van der Waals surface area contributed by atoms with Crippen LogP contribution in [-0.4, -0.2) is 7.11 Å². The zero-order valence-corrected chi connectivity index (χ0v) is 12.4. The molecule has 0 bridgehead atoms. The van der Waals surface area contributed by atoms with E-state index in [1.807, 2.05) is 0 Å². The van der Waals surface area contributed by atoms with Gasteiger partial charge in [-0.3, -0.25) is 0 Å². The minimum absolute atomic E-state index is 0.0845. The standard InChI is InChI=1S/C15H14Cl2FNO/c1-20-15-5-3-11(16)6-10(15)8-14(19)9-2-4-12(17)13(18)7-9/h2-7,14H,8,19H2,1H3. The monoisotopic (exact) mass is 313 g/mol. The third kappa shape index (κ3) is 3.42. The fraction of sp³-hybridized carbons (Fsp3) is 0.200. The Morgan fingerprint density at radius 2 is 1.95 bits per heavy atom. The van der Waals surface area contributed by atoms with E-state index in [9.17, 15) is 4.39 Å². The van der Waals surface area contributed by atoms with Crippen molar-refractivity contribution in [1.82, 2.24) is 0 Å². The molecule has 0 fully saturated rings. The molecule has 0 aliphatic heterocycles. The summed E-state index contributed by atoms with van der Waals surface area (Å²) in [7, 11) is 1.58. The van der Waals surface area contributed by atoms with Gasteiger partial charge in [-0.2, -0.15) is 0 Å². The van der Waals surface area contributed by atoms with Crippen molar-refractivity contribution in [2.24, 2.45) is 5.73 Å². The van der Waals surface area contributed by atoms with Gasteiger partial charge in [0.25, 0.3) is 0 Å². The highest BCUT2D eigenvalue weighted by molar-refractivity contribution is 6.31. The van der Waals surface area contributed by atoms with Crippen LogP contribution in [0.2, 0.25) is 10.0 Å². The average molecular weight is 314 g/mol. The van der Waals surface area contributed by atoms with E-state index >= 15 is 0 Å². The van der Waals surface area contributed by atoms with Crippen LogP contribution in [0, 0.1) is 5.82 Å². The van der Waals surface area contributed by atoms with Gasteiger partial charge in [0.05, 0.1) is 12.1 Å². The van der Waals surface area contributed by atoms with E-state index < -0.39 is 5.82 Å². The molecule has 5 heteroatoms. The average Bonchev–Trinajstić information content (AvgIpc) is 2.42. The molecule has 2 N–H and O–H groups in total. The van der Waals surface area contributed by atoms with Gasteiger partial charge in [-0.25, -0.2) is 4.39 Å². The summed E-state index contributed by atoms with van der Waals surface area (Å²) in [5, 5.41) is 0.691. The highest BCUT2D eigenvalue weighted by Gasteiger charge is 2.13. The Hall–Kier alpha value is -1.29. The van der Waals surface area contributed by atoms with E-state index in [0.717, 1.165) is 5.56 Å². The molecule has 2 rings (SSSR count).